The first-order valence-corrected chi connectivity index (χ1v) is 7.44. The Kier molecular flexibility index (Phi) is 4.34. The average molecular weight is 363 g/mol. The lowest BCUT2D eigenvalue weighted by Gasteiger charge is -2.12. The highest BCUT2D eigenvalue weighted by Gasteiger charge is 2.34. The molecule has 106 valence electrons. The van der Waals surface area contributed by atoms with Gasteiger partial charge in [0.25, 0.3) is 0 Å². The van der Waals surface area contributed by atoms with E-state index in [-0.39, 0.29) is 11.3 Å². The number of ketones is 1. The van der Waals surface area contributed by atoms with Crippen LogP contribution in [-0.2, 0) is 6.18 Å². The third-order valence-corrected chi connectivity index (χ3v) is 4.41. The summed E-state index contributed by atoms with van der Waals surface area (Å²) < 4.78 is 39.6. The van der Waals surface area contributed by atoms with E-state index >= 15 is 0 Å². The summed E-state index contributed by atoms with van der Waals surface area (Å²) in [6, 6.07) is 7.17. The van der Waals surface area contributed by atoms with Gasteiger partial charge in [0.2, 0.25) is 0 Å². The third kappa shape index (κ3) is 3.12. The smallest absolute Gasteiger partial charge is 0.293 e. The molecule has 1 aromatic heterocycles. The molecule has 0 spiro atoms. The Morgan fingerprint density at radius 1 is 1.25 bits per heavy atom. The van der Waals surface area contributed by atoms with Gasteiger partial charge in [0.15, 0.2) is 5.78 Å². The molecule has 0 bridgehead atoms. The van der Waals surface area contributed by atoms with Crippen LogP contribution in [0.25, 0.3) is 10.4 Å². The maximum Gasteiger partial charge on any atom is 0.417 e. The van der Waals surface area contributed by atoms with E-state index in [9.17, 15) is 18.0 Å². The fourth-order valence-electron chi connectivity index (χ4n) is 1.77. The minimum absolute atomic E-state index is 0.0630. The Hall–Kier alpha value is -1.14. The Bertz CT molecular complexity index is 646. The standard InChI is InChI=1S/C14H10BrF3OS/c1-2-11(19)13-6-5-12(20-13)9-4-3-8(15)7-10(9)14(16,17)18/h3-7H,2H2,1H3. The first kappa shape index (κ1) is 15.3. The van der Waals surface area contributed by atoms with Crippen molar-refractivity contribution in [3.8, 4) is 10.4 Å². The summed E-state index contributed by atoms with van der Waals surface area (Å²) in [6.07, 6.45) is -4.09. The summed E-state index contributed by atoms with van der Waals surface area (Å²) in [7, 11) is 0. The van der Waals surface area contributed by atoms with E-state index in [1.54, 1.807) is 25.1 Å². The number of thiophene rings is 1. The Morgan fingerprint density at radius 2 is 1.95 bits per heavy atom. The molecule has 2 aromatic rings. The summed E-state index contributed by atoms with van der Waals surface area (Å²) in [5, 5.41) is 0. The van der Waals surface area contributed by atoms with Crippen LogP contribution in [0.3, 0.4) is 0 Å². The molecule has 1 nitrogen and oxygen atoms in total. The predicted molar refractivity (Wildman–Crippen MR) is 77.1 cm³/mol. The number of hydrogen-bond acceptors (Lipinski definition) is 2. The van der Waals surface area contributed by atoms with Gasteiger partial charge in [0.05, 0.1) is 10.4 Å². The second kappa shape index (κ2) is 5.69. The number of hydrogen-bond donors (Lipinski definition) is 0. The number of rotatable bonds is 3. The van der Waals surface area contributed by atoms with E-state index in [4.69, 9.17) is 0 Å². The molecule has 0 fully saturated rings. The van der Waals surface area contributed by atoms with Crippen molar-refractivity contribution in [1.29, 1.82) is 0 Å². The van der Waals surface area contributed by atoms with Crippen LogP contribution in [0.4, 0.5) is 13.2 Å². The molecule has 1 aromatic carbocycles. The van der Waals surface area contributed by atoms with Gasteiger partial charge in [-0.2, -0.15) is 13.2 Å². The highest BCUT2D eigenvalue weighted by molar-refractivity contribution is 9.10. The molecule has 0 saturated heterocycles. The van der Waals surface area contributed by atoms with Crippen molar-refractivity contribution in [2.75, 3.05) is 0 Å². The Balaban J connectivity index is 2.53. The van der Waals surface area contributed by atoms with Crippen molar-refractivity contribution in [1.82, 2.24) is 0 Å². The van der Waals surface area contributed by atoms with Crippen LogP contribution in [0.15, 0.2) is 34.8 Å². The SMILES string of the molecule is CCC(=O)c1ccc(-c2ccc(Br)cc2C(F)(F)F)s1. The fourth-order valence-corrected chi connectivity index (χ4v) is 3.19. The van der Waals surface area contributed by atoms with Gasteiger partial charge in [0.1, 0.15) is 0 Å². The van der Waals surface area contributed by atoms with E-state index in [0.29, 0.717) is 20.6 Å². The number of benzene rings is 1. The molecule has 0 radical (unpaired) electrons. The van der Waals surface area contributed by atoms with Crippen LogP contribution in [0, 0.1) is 0 Å². The topological polar surface area (TPSA) is 17.1 Å². The third-order valence-electron chi connectivity index (χ3n) is 2.75. The number of Topliss-reactive ketones (excluding diaryl/α,β-unsaturated/α-hetero) is 1. The van der Waals surface area contributed by atoms with E-state index in [2.05, 4.69) is 15.9 Å². The van der Waals surface area contributed by atoms with E-state index in [1.165, 1.54) is 6.07 Å². The number of alkyl halides is 3. The van der Waals surface area contributed by atoms with E-state index in [0.717, 1.165) is 17.4 Å². The van der Waals surface area contributed by atoms with Crippen molar-refractivity contribution in [2.24, 2.45) is 0 Å². The fraction of sp³-hybridized carbons (Fsp3) is 0.214. The van der Waals surface area contributed by atoms with Crippen LogP contribution in [0.2, 0.25) is 0 Å². The lowest BCUT2D eigenvalue weighted by atomic mass is 10.1. The van der Waals surface area contributed by atoms with Gasteiger partial charge in [-0.25, -0.2) is 0 Å². The molecule has 0 unspecified atom stereocenters. The Morgan fingerprint density at radius 3 is 2.55 bits per heavy atom. The molecule has 1 heterocycles. The quantitative estimate of drug-likeness (QED) is 0.631. The summed E-state index contributed by atoms with van der Waals surface area (Å²) in [5.41, 5.74) is -0.606. The molecule has 2 rings (SSSR count). The molecule has 0 aliphatic carbocycles. The number of carbonyl (C=O) groups is 1. The molecule has 0 aliphatic rings. The van der Waals surface area contributed by atoms with Crippen LogP contribution in [-0.4, -0.2) is 5.78 Å². The molecular formula is C14H10BrF3OS. The summed E-state index contributed by atoms with van der Waals surface area (Å²) in [5.74, 6) is -0.0630. The van der Waals surface area contributed by atoms with Crippen LogP contribution in [0.5, 0.6) is 0 Å². The van der Waals surface area contributed by atoms with Gasteiger partial charge >= 0.3 is 6.18 Å². The normalized spacial score (nSPS) is 11.7. The van der Waals surface area contributed by atoms with Gasteiger partial charge in [-0.15, -0.1) is 11.3 Å². The zero-order valence-corrected chi connectivity index (χ0v) is 12.8. The number of halogens is 4. The van der Waals surface area contributed by atoms with E-state index in [1.807, 2.05) is 0 Å². The van der Waals surface area contributed by atoms with Crippen molar-refractivity contribution in [3.05, 3.63) is 45.2 Å². The summed E-state index contributed by atoms with van der Waals surface area (Å²) in [4.78, 5) is 12.5. The largest absolute Gasteiger partial charge is 0.417 e. The van der Waals surface area contributed by atoms with Gasteiger partial charge in [-0.3, -0.25) is 4.79 Å². The molecule has 0 N–H and O–H groups in total. The summed E-state index contributed by atoms with van der Waals surface area (Å²) in [6.45, 7) is 1.72. The number of carbonyl (C=O) groups excluding carboxylic acids is 1. The monoisotopic (exact) mass is 362 g/mol. The first-order chi connectivity index (χ1) is 9.32. The molecule has 20 heavy (non-hydrogen) atoms. The Labute approximate surface area is 126 Å². The first-order valence-electron chi connectivity index (χ1n) is 5.83. The minimum Gasteiger partial charge on any atom is -0.293 e. The van der Waals surface area contributed by atoms with Crippen molar-refractivity contribution >= 4 is 33.0 Å². The second-order valence-corrected chi connectivity index (χ2v) is 6.13. The van der Waals surface area contributed by atoms with Crippen molar-refractivity contribution < 1.29 is 18.0 Å². The predicted octanol–water partition coefficient (Wildman–Crippen LogP) is 5.79. The molecule has 6 heteroatoms. The zero-order chi connectivity index (χ0) is 14.9. The highest BCUT2D eigenvalue weighted by Crippen LogP contribution is 2.40. The summed E-state index contributed by atoms with van der Waals surface area (Å²) >= 11 is 4.14. The van der Waals surface area contributed by atoms with Crippen molar-refractivity contribution in [2.45, 2.75) is 19.5 Å². The maximum atomic E-state index is 13.1. The molecule has 0 saturated carbocycles. The van der Waals surface area contributed by atoms with E-state index < -0.39 is 11.7 Å². The van der Waals surface area contributed by atoms with Gasteiger partial charge in [0, 0.05) is 21.3 Å². The zero-order valence-electron chi connectivity index (χ0n) is 10.4. The second-order valence-electron chi connectivity index (χ2n) is 4.13. The molecule has 0 aliphatic heterocycles. The average Bonchev–Trinajstić information content (AvgIpc) is 2.86. The molecule has 0 atom stereocenters. The van der Waals surface area contributed by atoms with Crippen LogP contribution in [0.1, 0.15) is 28.6 Å². The van der Waals surface area contributed by atoms with Gasteiger partial charge < -0.3 is 0 Å². The van der Waals surface area contributed by atoms with Gasteiger partial charge in [-0.1, -0.05) is 28.9 Å². The van der Waals surface area contributed by atoms with Crippen LogP contribution >= 0.6 is 27.3 Å². The van der Waals surface area contributed by atoms with Crippen LogP contribution < -0.4 is 0 Å². The molecule has 0 amide bonds. The molecular weight excluding hydrogens is 353 g/mol. The minimum atomic E-state index is -4.43. The maximum absolute atomic E-state index is 13.1. The van der Waals surface area contributed by atoms with Gasteiger partial charge in [-0.05, 0) is 24.3 Å². The van der Waals surface area contributed by atoms with Crippen molar-refractivity contribution in [3.63, 3.8) is 0 Å². The lowest BCUT2D eigenvalue weighted by molar-refractivity contribution is -0.137. The lowest BCUT2D eigenvalue weighted by Crippen LogP contribution is -2.06. The highest BCUT2D eigenvalue weighted by atomic mass is 79.9.